The van der Waals surface area contributed by atoms with Crippen LogP contribution in [0.5, 0.6) is 11.5 Å². The molecule has 0 radical (unpaired) electrons. The molecule has 0 aromatic heterocycles. The lowest BCUT2D eigenvalue weighted by molar-refractivity contribution is -0.120. The fourth-order valence-electron chi connectivity index (χ4n) is 2.68. The molecule has 1 heterocycles. The minimum absolute atomic E-state index is 0.0366. The van der Waals surface area contributed by atoms with Crippen LogP contribution >= 0.6 is 0 Å². The van der Waals surface area contributed by atoms with Crippen molar-refractivity contribution in [3.63, 3.8) is 0 Å². The Kier molecular flexibility index (Phi) is 4.06. The third kappa shape index (κ3) is 3.22. The fraction of sp³-hybridized carbons (Fsp3) is 0.533. The molecule has 5 heteroatoms. The molecule has 0 unspecified atom stereocenters. The Morgan fingerprint density at radius 3 is 2.85 bits per heavy atom. The van der Waals surface area contributed by atoms with E-state index in [1.807, 2.05) is 18.2 Å². The van der Waals surface area contributed by atoms with Crippen molar-refractivity contribution >= 4 is 5.91 Å². The Hall–Kier alpha value is -1.75. The quantitative estimate of drug-likeness (QED) is 0.857. The molecular formula is C15H20N2O3. The highest BCUT2D eigenvalue weighted by molar-refractivity contribution is 5.78. The number of carbonyl (C=O) groups excluding carboxylic acids is 1. The maximum Gasteiger partial charge on any atom is 0.234 e. The molecule has 1 aromatic rings. The molecule has 2 N–H and O–H groups in total. The molecule has 1 fully saturated rings. The summed E-state index contributed by atoms with van der Waals surface area (Å²) in [4.78, 5) is 11.8. The first-order valence-electron chi connectivity index (χ1n) is 7.20. The Balaban J connectivity index is 1.43. The van der Waals surface area contributed by atoms with E-state index in [4.69, 9.17) is 9.47 Å². The van der Waals surface area contributed by atoms with Gasteiger partial charge in [0.05, 0.1) is 6.54 Å². The number of ether oxygens (including phenoxy) is 2. The average molecular weight is 276 g/mol. The molecular weight excluding hydrogens is 256 g/mol. The summed E-state index contributed by atoms with van der Waals surface area (Å²) in [6, 6.07) is 6.25. The number of benzene rings is 1. The number of fused-ring (bicyclic) bond motifs is 1. The lowest BCUT2D eigenvalue weighted by atomic mass is 10.2. The van der Waals surface area contributed by atoms with Crippen LogP contribution in [0.1, 0.15) is 31.2 Å². The van der Waals surface area contributed by atoms with Gasteiger partial charge in [0, 0.05) is 12.6 Å². The molecule has 2 aliphatic rings. The number of hydrogen-bond acceptors (Lipinski definition) is 4. The van der Waals surface area contributed by atoms with E-state index < -0.39 is 0 Å². The lowest BCUT2D eigenvalue weighted by Gasteiger charge is -2.11. The first-order valence-corrected chi connectivity index (χ1v) is 7.20. The number of nitrogens with one attached hydrogen (secondary N) is 2. The smallest absolute Gasteiger partial charge is 0.234 e. The third-order valence-electron chi connectivity index (χ3n) is 3.83. The van der Waals surface area contributed by atoms with Crippen LogP contribution < -0.4 is 20.1 Å². The SMILES string of the molecule is O=C(CNC1CCCC1)NCc1ccc2c(c1)OCO2. The molecule has 1 amide bonds. The summed E-state index contributed by atoms with van der Waals surface area (Å²) in [7, 11) is 0. The van der Waals surface area contributed by atoms with Gasteiger partial charge in [-0.3, -0.25) is 4.79 Å². The average Bonchev–Trinajstić information content (AvgIpc) is 3.13. The van der Waals surface area contributed by atoms with Crippen LogP contribution in [-0.2, 0) is 11.3 Å². The van der Waals surface area contributed by atoms with Crippen molar-refractivity contribution in [3.8, 4) is 11.5 Å². The molecule has 0 bridgehead atoms. The second-order valence-corrected chi connectivity index (χ2v) is 5.33. The maximum atomic E-state index is 11.8. The molecule has 0 atom stereocenters. The zero-order valence-electron chi connectivity index (χ0n) is 11.5. The van der Waals surface area contributed by atoms with Crippen LogP contribution in [-0.4, -0.2) is 25.3 Å². The van der Waals surface area contributed by atoms with Gasteiger partial charge in [-0.15, -0.1) is 0 Å². The zero-order chi connectivity index (χ0) is 13.8. The van der Waals surface area contributed by atoms with Crippen molar-refractivity contribution < 1.29 is 14.3 Å². The molecule has 108 valence electrons. The maximum absolute atomic E-state index is 11.8. The highest BCUT2D eigenvalue weighted by atomic mass is 16.7. The number of rotatable bonds is 5. The van der Waals surface area contributed by atoms with E-state index in [0.717, 1.165) is 17.1 Å². The summed E-state index contributed by atoms with van der Waals surface area (Å²) in [6.45, 7) is 1.19. The van der Waals surface area contributed by atoms with Gasteiger partial charge in [-0.2, -0.15) is 0 Å². The summed E-state index contributed by atoms with van der Waals surface area (Å²) in [5.41, 5.74) is 1.02. The summed E-state index contributed by atoms with van der Waals surface area (Å²) < 4.78 is 10.6. The first kappa shape index (κ1) is 13.2. The minimum atomic E-state index is 0.0366. The van der Waals surface area contributed by atoms with E-state index in [1.165, 1.54) is 25.7 Å². The molecule has 20 heavy (non-hydrogen) atoms. The van der Waals surface area contributed by atoms with Gasteiger partial charge in [-0.05, 0) is 30.5 Å². The van der Waals surface area contributed by atoms with Crippen molar-refractivity contribution in [1.29, 1.82) is 0 Å². The second-order valence-electron chi connectivity index (χ2n) is 5.33. The van der Waals surface area contributed by atoms with Gasteiger partial charge in [-0.25, -0.2) is 0 Å². The predicted octanol–water partition coefficient (Wildman–Crippen LogP) is 1.56. The van der Waals surface area contributed by atoms with Crippen LogP contribution in [0.15, 0.2) is 18.2 Å². The van der Waals surface area contributed by atoms with Gasteiger partial charge in [0.15, 0.2) is 11.5 Å². The van der Waals surface area contributed by atoms with E-state index in [9.17, 15) is 4.79 Å². The monoisotopic (exact) mass is 276 g/mol. The Bertz CT molecular complexity index is 484. The second kappa shape index (κ2) is 6.13. The van der Waals surface area contributed by atoms with E-state index in [1.54, 1.807) is 0 Å². The number of carbonyl (C=O) groups is 1. The highest BCUT2D eigenvalue weighted by Gasteiger charge is 2.16. The van der Waals surface area contributed by atoms with Crippen LogP contribution in [0, 0.1) is 0 Å². The zero-order valence-corrected chi connectivity index (χ0v) is 11.5. The third-order valence-corrected chi connectivity index (χ3v) is 3.83. The number of amides is 1. The van der Waals surface area contributed by atoms with Gasteiger partial charge >= 0.3 is 0 Å². The van der Waals surface area contributed by atoms with Gasteiger partial charge in [0.25, 0.3) is 0 Å². The normalized spacial score (nSPS) is 17.4. The van der Waals surface area contributed by atoms with Crippen molar-refractivity contribution in [2.24, 2.45) is 0 Å². The van der Waals surface area contributed by atoms with Gasteiger partial charge in [0.1, 0.15) is 0 Å². The van der Waals surface area contributed by atoms with Crippen LogP contribution in [0.2, 0.25) is 0 Å². The summed E-state index contributed by atoms with van der Waals surface area (Å²) in [5.74, 6) is 1.55. The van der Waals surface area contributed by atoms with Crippen molar-refractivity contribution in [2.45, 2.75) is 38.3 Å². The van der Waals surface area contributed by atoms with Gasteiger partial charge in [-0.1, -0.05) is 18.9 Å². The molecule has 5 nitrogen and oxygen atoms in total. The first-order chi connectivity index (χ1) is 9.81. The molecule has 1 aliphatic heterocycles. The molecule has 0 saturated heterocycles. The van der Waals surface area contributed by atoms with Crippen LogP contribution in [0.4, 0.5) is 0 Å². The van der Waals surface area contributed by atoms with E-state index in [0.29, 0.717) is 19.1 Å². The fourth-order valence-corrected chi connectivity index (χ4v) is 2.68. The van der Waals surface area contributed by atoms with Crippen molar-refractivity contribution in [2.75, 3.05) is 13.3 Å². The molecule has 1 saturated carbocycles. The minimum Gasteiger partial charge on any atom is -0.454 e. The lowest BCUT2D eigenvalue weighted by Crippen LogP contribution is -2.37. The van der Waals surface area contributed by atoms with E-state index >= 15 is 0 Å². The van der Waals surface area contributed by atoms with Gasteiger partial charge < -0.3 is 20.1 Å². The summed E-state index contributed by atoms with van der Waals surface area (Å²) >= 11 is 0. The topological polar surface area (TPSA) is 59.6 Å². The highest BCUT2D eigenvalue weighted by Crippen LogP contribution is 2.32. The van der Waals surface area contributed by atoms with Crippen LogP contribution in [0.25, 0.3) is 0 Å². The van der Waals surface area contributed by atoms with Crippen molar-refractivity contribution in [3.05, 3.63) is 23.8 Å². The standard InChI is InChI=1S/C15H20N2O3/c18-15(9-16-12-3-1-2-4-12)17-8-11-5-6-13-14(7-11)20-10-19-13/h5-7,12,16H,1-4,8-10H2,(H,17,18). The molecule has 0 spiro atoms. The van der Waals surface area contributed by atoms with Crippen LogP contribution in [0.3, 0.4) is 0 Å². The summed E-state index contributed by atoms with van der Waals surface area (Å²) in [5, 5.41) is 6.22. The largest absolute Gasteiger partial charge is 0.454 e. The van der Waals surface area contributed by atoms with Gasteiger partial charge in [0.2, 0.25) is 12.7 Å². The number of hydrogen-bond donors (Lipinski definition) is 2. The van der Waals surface area contributed by atoms with E-state index in [2.05, 4.69) is 10.6 Å². The Morgan fingerprint density at radius 1 is 1.20 bits per heavy atom. The Morgan fingerprint density at radius 2 is 2.00 bits per heavy atom. The summed E-state index contributed by atoms with van der Waals surface area (Å²) in [6.07, 6.45) is 4.93. The predicted molar refractivity (Wildman–Crippen MR) is 74.7 cm³/mol. The molecule has 3 rings (SSSR count). The molecule has 1 aromatic carbocycles. The van der Waals surface area contributed by atoms with Crippen molar-refractivity contribution in [1.82, 2.24) is 10.6 Å². The molecule has 1 aliphatic carbocycles. The van der Waals surface area contributed by atoms with E-state index in [-0.39, 0.29) is 12.7 Å². The Labute approximate surface area is 118 Å².